The summed E-state index contributed by atoms with van der Waals surface area (Å²) >= 11 is 1.15. The van der Waals surface area contributed by atoms with Crippen molar-refractivity contribution in [3.63, 3.8) is 0 Å². The Balaban J connectivity index is 1.83. The first kappa shape index (κ1) is 21.5. The summed E-state index contributed by atoms with van der Waals surface area (Å²) in [5.41, 5.74) is 0.532. The fourth-order valence-corrected chi connectivity index (χ4v) is 6.09. The molecule has 29 heavy (non-hydrogen) atoms. The van der Waals surface area contributed by atoms with Crippen LogP contribution in [0.2, 0.25) is 0 Å². The molecule has 1 aromatic heterocycles. The lowest BCUT2D eigenvalue weighted by Gasteiger charge is -2.34. The number of nitrogens with zero attached hydrogens (tertiary/aromatic N) is 1. The van der Waals surface area contributed by atoms with Gasteiger partial charge >= 0.3 is 5.97 Å². The number of hydrogen-bond acceptors (Lipinski definition) is 6. The quantitative estimate of drug-likeness (QED) is 0.725. The molecule has 1 aromatic carbocycles. The van der Waals surface area contributed by atoms with Crippen molar-refractivity contribution in [2.75, 3.05) is 25.5 Å². The maximum atomic E-state index is 13.1. The van der Waals surface area contributed by atoms with Crippen LogP contribution in [0.1, 0.15) is 40.3 Å². The molecule has 2 heterocycles. The molecule has 0 aliphatic carbocycles. The topological polar surface area (TPSA) is 92.8 Å². The van der Waals surface area contributed by atoms with E-state index in [0.717, 1.165) is 17.8 Å². The highest BCUT2D eigenvalue weighted by Gasteiger charge is 2.32. The summed E-state index contributed by atoms with van der Waals surface area (Å²) in [4.78, 5) is 24.8. The van der Waals surface area contributed by atoms with Gasteiger partial charge in [-0.3, -0.25) is 4.79 Å². The molecule has 0 unspecified atom stereocenters. The Morgan fingerprint density at radius 3 is 2.52 bits per heavy atom. The molecule has 156 valence electrons. The number of hydrogen-bond donors (Lipinski definition) is 1. The first-order valence-electron chi connectivity index (χ1n) is 9.29. The molecule has 9 heteroatoms. The van der Waals surface area contributed by atoms with Crippen LogP contribution in [0.5, 0.6) is 0 Å². The van der Waals surface area contributed by atoms with Gasteiger partial charge in [0.05, 0.1) is 17.7 Å². The van der Waals surface area contributed by atoms with E-state index < -0.39 is 21.9 Å². The summed E-state index contributed by atoms with van der Waals surface area (Å²) in [6.07, 6.45) is 0.998. The van der Waals surface area contributed by atoms with Gasteiger partial charge in [0.25, 0.3) is 5.91 Å². The highest BCUT2D eigenvalue weighted by atomic mass is 32.2. The first-order valence-corrected chi connectivity index (χ1v) is 11.6. The zero-order valence-electron chi connectivity index (χ0n) is 16.5. The van der Waals surface area contributed by atoms with Gasteiger partial charge in [-0.25, -0.2) is 13.2 Å². The maximum Gasteiger partial charge on any atom is 0.350 e. The SMILES string of the molecule is COC(=O)c1sccc1NC(=O)c1cccc(S(=O)(=O)N2C[C@H](C)C[C@H](C)C2)c1. The molecule has 1 N–H and O–H groups in total. The summed E-state index contributed by atoms with van der Waals surface area (Å²) < 4.78 is 32.4. The minimum atomic E-state index is -3.69. The van der Waals surface area contributed by atoms with Crippen LogP contribution in [0.4, 0.5) is 5.69 Å². The van der Waals surface area contributed by atoms with E-state index in [1.165, 1.54) is 23.5 Å². The van der Waals surface area contributed by atoms with E-state index in [9.17, 15) is 18.0 Å². The van der Waals surface area contributed by atoms with Crippen LogP contribution in [-0.4, -0.2) is 44.8 Å². The molecule has 1 fully saturated rings. The number of rotatable bonds is 5. The zero-order chi connectivity index (χ0) is 21.2. The van der Waals surface area contributed by atoms with E-state index in [0.29, 0.717) is 18.8 Å². The summed E-state index contributed by atoms with van der Waals surface area (Å²) in [7, 11) is -2.42. The van der Waals surface area contributed by atoms with Crippen molar-refractivity contribution in [3.8, 4) is 0 Å². The van der Waals surface area contributed by atoms with Crippen molar-refractivity contribution in [3.05, 3.63) is 46.2 Å². The molecule has 0 saturated carbocycles. The summed E-state index contributed by atoms with van der Waals surface area (Å²) in [5, 5.41) is 4.32. The largest absolute Gasteiger partial charge is 0.465 e. The second kappa shape index (κ2) is 8.64. The third-order valence-corrected chi connectivity index (χ3v) is 7.58. The molecular weight excluding hydrogens is 412 g/mol. The van der Waals surface area contributed by atoms with E-state index >= 15 is 0 Å². The van der Waals surface area contributed by atoms with Crippen LogP contribution in [-0.2, 0) is 14.8 Å². The van der Waals surface area contributed by atoms with Gasteiger partial charge in [-0.15, -0.1) is 11.3 Å². The average Bonchev–Trinajstić information content (AvgIpc) is 3.14. The minimum Gasteiger partial charge on any atom is -0.465 e. The Bertz CT molecular complexity index is 1010. The van der Waals surface area contributed by atoms with E-state index in [1.807, 2.05) is 13.8 Å². The van der Waals surface area contributed by atoms with Gasteiger partial charge in [-0.05, 0) is 47.9 Å². The van der Waals surface area contributed by atoms with Gasteiger partial charge < -0.3 is 10.1 Å². The number of ether oxygens (including phenoxy) is 1. The smallest absolute Gasteiger partial charge is 0.350 e. The summed E-state index contributed by atoms with van der Waals surface area (Å²) in [5.74, 6) is -0.461. The number of anilines is 1. The fraction of sp³-hybridized carbons (Fsp3) is 0.400. The van der Waals surface area contributed by atoms with Crippen LogP contribution in [0.25, 0.3) is 0 Å². The van der Waals surface area contributed by atoms with Crippen molar-refractivity contribution in [2.45, 2.75) is 25.2 Å². The lowest BCUT2D eigenvalue weighted by Crippen LogP contribution is -2.42. The lowest BCUT2D eigenvalue weighted by molar-refractivity contribution is 0.0607. The molecule has 1 amide bonds. The Morgan fingerprint density at radius 1 is 1.17 bits per heavy atom. The zero-order valence-corrected chi connectivity index (χ0v) is 18.2. The number of amides is 1. The Labute approximate surface area is 174 Å². The molecule has 2 atom stereocenters. The molecule has 1 aliphatic heterocycles. The predicted molar refractivity (Wildman–Crippen MR) is 112 cm³/mol. The van der Waals surface area contributed by atoms with Crippen molar-refractivity contribution in [1.29, 1.82) is 0 Å². The fourth-order valence-electron chi connectivity index (χ4n) is 3.60. The number of thiophene rings is 1. The first-order chi connectivity index (χ1) is 13.7. The molecule has 0 bridgehead atoms. The number of benzene rings is 1. The molecule has 7 nitrogen and oxygen atoms in total. The van der Waals surface area contributed by atoms with Gasteiger partial charge in [-0.1, -0.05) is 19.9 Å². The number of carbonyl (C=O) groups is 2. The normalized spacial score (nSPS) is 20.2. The Morgan fingerprint density at radius 2 is 1.86 bits per heavy atom. The molecule has 2 aromatic rings. The lowest BCUT2D eigenvalue weighted by atomic mass is 9.94. The van der Waals surface area contributed by atoms with Crippen LogP contribution in [0.3, 0.4) is 0 Å². The number of piperidine rings is 1. The van der Waals surface area contributed by atoms with Crippen molar-refractivity contribution < 1.29 is 22.7 Å². The number of sulfonamides is 1. The van der Waals surface area contributed by atoms with Crippen molar-refractivity contribution >= 4 is 38.9 Å². The molecule has 3 rings (SSSR count). The second-order valence-electron chi connectivity index (χ2n) is 7.41. The summed E-state index contributed by atoms with van der Waals surface area (Å²) in [6, 6.07) is 7.57. The van der Waals surface area contributed by atoms with Crippen LogP contribution < -0.4 is 5.32 Å². The third kappa shape index (κ3) is 4.68. The number of nitrogens with one attached hydrogen (secondary N) is 1. The summed E-state index contributed by atoms with van der Waals surface area (Å²) in [6.45, 7) is 5.03. The van der Waals surface area contributed by atoms with E-state index in [-0.39, 0.29) is 27.2 Å². The second-order valence-corrected chi connectivity index (χ2v) is 10.3. The maximum absolute atomic E-state index is 13.1. The van der Waals surface area contributed by atoms with Crippen LogP contribution >= 0.6 is 11.3 Å². The van der Waals surface area contributed by atoms with Gasteiger partial charge in [0.1, 0.15) is 4.88 Å². The van der Waals surface area contributed by atoms with Crippen LogP contribution in [0.15, 0.2) is 40.6 Å². The van der Waals surface area contributed by atoms with E-state index in [1.54, 1.807) is 23.6 Å². The highest BCUT2D eigenvalue weighted by molar-refractivity contribution is 7.89. The van der Waals surface area contributed by atoms with Crippen molar-refractivity contribution in [1.82, 2.24) is 4.31 Å². The van der Waals surface area contributed by atoms with Crippen molar-refractivity contribution in [2.24, 2.45) is 11.8 Å². The molecular formula is C20H24N2O5S2. The molecule has 0 spiro atoms. The number of methoxy groups -OCH3 is 1. The van der Waals surface area contributed by atoms with Crippen LogP contribution in [0, 0.1) is 11.8 Å². The highest BCUT2D eigenvalue weighted by Crippen LogP contribution is 2.28. The van der Waals surface area contributed by atoms with Gasteiger partial charge in [0, 0.05) is 18.7 Å². The molecule has 1 saturated heterocycles. The molecule has 1 aliphatic rings. The standard InChI is InChI=1S/C20H24N2O5S2/c1-13-9-14(2)12-22(11-13)29(25,26)16-6-4-5-15(10-16)19(23)21-17-7-8-28-18(17)20(24)27-3/h4-8,10,13-14H,9,11-12H2,1-3H3,(H,21,23)/t13-,14+. The Hall–Kier alpha value is -2.23. The molecule has 0 radical (unpaired) electrons. The number of carbonyl (C=O) groups excluding carboxylic acids is 2. The Kier molecular flexibility index (Phi) is 6.40. The monoisotopic (exact) mass is 436 g/mol. The van der Waals surface area contributed by atoms with Gasteiger partial charge in [0.2, 0.25) is 10.0 Å². The predicted octanol–water partition coefficient (Wildman–Crippen LogP) is 3.45. The van der Waals surface area contributed by atoms with Gasteiger partial charge in [0.15, 0.2) is 0 Å². The third-order valence-electron chi connectivity index (χ3n) is 4.85. The van der Waals surface area contributed by atoms with E-state index in [4.69, 9.17) is 4.74 Å². The van der Waals surface area contributed by atoms with E-state index in [2.05, 4.69) is 5.32 Å². The average molecular weight is 437 g/mol. The van der Waals surface area contributed by atoms with Gasteiger partial charge in [-0.2, -0.15) is 4.31 Å². The number of esters is 1. The minimum absolute atomic E-state index is 0.0879.